The molecule has 17 heavy (non-hydrogen) atoms. The molecule has 0 N–H and O–H groups in total. The summed E-state index contributed by atoms with van der Waals surface area (Å²) in [7, 11) is 0. The minimum atomic E-state index is -0.664. The number of aromatic nitrogens is 2. The number of rotatable bonds is 3. The number of hydrogen-bond donors (Lipinski definition) is 0. The standard InChI is InChI=1S/C9H5ClFN3O2S/c10-4-8-12-13-9(17-8)6-2-1-5(11)3-7(6)14(15)16/h1-3H,4H2. The van der Waals surface area contributed by atoms with Crippen molar-refractivity contribution in [2.45, 2.75) is 5.88 Å². The zero-order chi connectivity index (χ0) is 12.4. The van der Waals surface area contributed by atoms with Gasteiger partial charge in [-0.05, 0) is 12.1 Å². The lowest BCUT2D eigenvalue weighted by atomic mass is 10.2. The Morgan fingerprint density at radius 1 is 1.47 bits per heavy atom. The van der Waals surface area contributed by atoms with Crippen LogP contribution in [0.1, 0.15) is 5.01 Å². The smallest absolute Gasteiger partial charge is 0.258 e. The van der Waals surface area contributed by atoms with Gasteiger partial charge in [0.1, 0.15) is 10.8 Å². The van der Waals surface area contributed by atoms with Crippen LogP contribution in [0.4, 0.5) is 10.1 Å². The third-order valence-electron chi connectivity index (χ3n) is 1.97. The first kappa shape index (κ1) is 11.9. The van der Waals surface area contributed by atoms with E-state index in [1.807, 2.05) is 0 Å². The first-order valence-electron chi connectivity index (χ1n) is 4.44. The van der Waals surface area contributed by atoms with E-state index < -0.39 is 10.7 Å². The molecule has 8 heteroatoms. The molecule has 0 aliphatic heterocycles. The van der Waals surface area contributed by atoms with Crippen LogP contribution in [0.25, 0.3) is 10.6 Å². The second kappa shape index (κ2) is 4.72. The number of nitro groups is 1. The maximum absolute atomic E-state index is 12.9. The van der Waals surface area contributed by atoms with Gasteiger partial charge in [-0.3, -0.25) is 10.1 Å². The van der Waals surface area contributed by atoms with Gasteiger partial charge in [0.25, 0.3) is 5.69 Å². The fourth-order valence-corrected chi connectivity index (χ4v) is 2.19. The lowest BCUT2D eigenvalue weighted by Crippen LogP contribution is -1.92. The number of nitrogens with zero attached hydrogens (tertiary/aromatic N) is 3. The van der Waals surface area contributed by atoms with E-state index >= 15 is 0 Å². The Kier molecular flexibility index (Phi) is 3.30. The van der Waals surface area contributed by atoms with Crippen LogP contribution in [0.5, 0.6) is 0 Å². The Balaban J connectivity index is 2.54. The Bertz CT molecular complexity index is 575. The number of halogens is 2. The summed E-state index contributed by atoms with van der Waals surface area (Å²) in [5, 5.41) is 19.2. The van der Waals surface area contributed by atoms with Gasteiger partial charge in [-0.2, -0.15) is 0 Å². The van der Waals surface area contributed by atoms with Gasteiger partial charge in [0.05, 0.1) is 22.4 Å². The SMILES string of the molecule is O=[N+]([O-])c1cc(F)ccc1-c1nnc(CCl)s1. The minimum Gasteiger partial charge on any atom is -0.258 e. The highest BCUT2D eigenvalue weighted by molar-refractivity contribution is 7.14. The second-order valence-corrected chi connectivity index (χ2v) is 4.38. The van der Waals surface area contributed by atoms with Crippen LogP contribution >= 0.6 is 22.9 Å². The molecule has 1 aromatic heterocycles. The Labute approximate surface area is 104 Å². The van der Waals surface area contributed by atoms with Gasteiger partial charge in [-0.15, -0.1) is 21.8 Å². The Morgan fingerprint density at radius 2 is 2.24 bits per heavy atom. The van der Waals surface area contributed by atoms with Crippen LogP contribution in [-0.2, 0) is 5.88 Å². The van der Waals surface area contributed by atoms with Gasteiger partial charge in [0, 0.05) is 0 Å². The summed E-state index contributed by atoms with van der Waals surface area (Å²) in [6.07, 6.45) is 0. The fourth-order valence-electron chi connectivity index (χ4n) is 1.25. The summed E-state index contributed by atoms with van der Waals surface area (Å²) in [5.41, 5.74) is -0.0902. The van der Waals surface area contributed by atoms with E-state index in [2.05, 4.69) is 10.2 Å². The molecular formula is C9H5ClFN3O2S. The van der Waals surface area contributed by atoms with E-state index in [-0.39, 0.29) is 17.1 Å². The molecule has 0 atom stereocenters. The van der Waals surface area contributed by atoms with Crippen molar-refractivity contribution in [3.63, 3.8) is 0 Å². The van der Waals surface area contributed by atoms with Crippen LogP contribution in [0.3, 0.4) is 0 Å². The number of alkyl halides is 1. The fraction of sp³-hybridized carbons (Fsp3) is 0.111. The Hall–Kier alpha value is -1.60. The molecule has 0 bridgehead atoms. The molecule has 0 fully saturated rings. The van der Waals surface area contributed by atoms with Gasteiger partial charge < -0.3 is 0 Å². The summed E-state index contributed by atoms with van der Waals surface area (Å²) in [6, 6.07) is 3.31. The van der Waals surface area contributed by atoms with Crippen LogP contribution in [0, 0.1) is 15.9 Å². The van der Waals surface area contributed by atoms with Crippen LogP contribution < -0.4 is 0 Å². The van der Waals surface area contributed by atoms with Gasteiger partial charge in [-0.25, -0.2) is 4.39 Å². The third kappa shape index (κ3) is 2.40. The minimum absolute atomic E-state index is 0.187. The molecule has 0 saturated heterocycles. The van der Waals surface area contributed by atoms with E-state index in [0.29, 0.717) is 10.0 Å². The first-order chi connectivity index (χ1) is 8.11. The lowest BCUT2D eigenvalue weighted by Gasteiger charge is -1.98. The quantitative estimate of drug-likeness (QED) is 0.490. The van der Waals surface area contributed by atoms with Crippen molar-refractivity contribution in [3.8, 4) is 10.6 Å². The summed E-state index contributed by atoms with van der Waals surface area (Å²) in [4.78, 5) is 10.1. The summed E-state index contributed by atoms with van der Waals surface area (Å²) in [6.45, 7) is 0. The molecular weight excluding hydrogens is 269 g/mol. The molecule has 5 nitrogen and oxygen atoms in total. The molecule has 0 amide bonds. The summed E-state index contributed by atoms with van der Waals surface area (Å²) < 4.78 is 12.9. The van der Waals surface area contributed by atoms with E-state index in [0.717, 1.165) is 23.5 Å². The van der Waals surface area contributed by atoms with Crippen molar-refractivity contribution in [1.29, 1.82) is 0 Å². The van der Waals surface area contributed by atoms with Gasteiger partial charge in [-0.1, -0.05) is 11.3 Å². The molecule has 0 aliphatic rings. The zero-order valence-corrected chi connectivity index (χ0v) is 9.83. The predicted molar refractivity (Wildman–Crippen MR) is 61.5 cm³/mol. The van der Waals surface area contributed by atoms with Crippen molar-refractivity contribution in [3.05, 3.63) is 39.1 Å². The van der Waals surface area contributed by atoms with E-state index in [1.165, 1.54) is 6.07 Å². The molecule has 2 rings (SSSR count). The molecule has 0 saturated carbocycles. The summed E-state index contributed by atoms with van der Waals surface area (Å²) in [5.74, 6) is -0.477. The van der Waals surface area contributed by atoms with E-state index in [4.69, 9.17) is 11.6 Å². The molecule has 0 aliphatic carbocycles. The van der Waals surface area contributed by atoms with E-state index in [1.54, 1.807) is 0 Å². The normalized spacial score (nSPS) is 10.5. The number of benzene rings is 1. The molecule has 2 aromatic rings. The highest BCUT2D eigenvalue weighted by Gasteiger charge is 2.19. The van der Waals surface area contributed by atoms with Crippen LogP contribution in [0.2, 0.25) is 0 Å². The van der Waals surface area contributed by atoms with Gasteiger partial charge >= 0.3 is 0 Å². The Morgan fingerprint density at radius 3 is 2.82 bits per heavy atom. The van der Waals surface area contributed by atoms with Crippen molar-refractivity contribution in [2.75, 3.05) is 0 Å². The molecule has 0 radical (unpaired) electrons. The topological polar surface area (TPSA) is 68.9 Å². The monoisotopic (exact) mass is 273 g/mol. The predicted octanol–water partition coefficient (Wildman–Crippen LogP) is 2.99. The first-order valence-corrected chi connectivity index (χ1v) is 5.79. The van der Waals surface area contributed by atoms with Gasteiger partial charge in [0.15, 0.2) is 5.01 Å². The second-order valence-electron chi connectivity index (χ2n) is 3.05. The van der Waals surface area contributed by atoms with Crippen molar-refractivity contribution < 1.29 is 9.31 Å². The number of hydrogen-bond acceptors (Lipinski definition) is 5. The maximum atomic E-state index is 12.9. The van der Waals surface area contributed by atoms with Crippen LogP contribution in [-0.4, -0.2) is 15.1 Å². The highest BCUT2D eigenvalue weighted by atomic mass is 35.5. The van der Waals surface area contributed by atoms with Crippen molar-refractivity contribution >= 4 is 28.6 Å². The molecule has 88 valence electrons. The average molecular weight is 274 g/mol. The van der Waals surface area contributed by atoms with E-state index in [9.17, 15) is 14.5 Å². The largest absolute Gasteiger partial charge is 0.282 e. The highest BCUT2D eigenvalue weighted by Crippen LogP contribution is 2.32. The van der Waals surface area contributed by atoms with Crippen molar-refractivity contribution in [2.24, 2.45) is 0 Å². The third-order valence-corrected chi connectivity index (χ3v) is 3.34. The molecule has 0 spiro atoms. The average Bonchev–Trinajstić information content (AvgIpc) is 2.77. The molecule has 0 unspecified atom stereocenters. The number of nitro benzene ring substituents is 1. The molecule has 1 heterocycles. The maximum Gasteiger partial charge on any atom is 0.282 e. The van der Waals surface area contributed by atoms with Crippen LogP contribution in [0.15, 0.2) is 18.2 Å². The molecule has 1 aromatic carbocycles. The van der Waals surface area contributed by atoms with Crippen molar-refractivity contribution in [1.82, 2.24) is 10.2 Å². The lowest BCUT2D eigenvalue weighted by molar-refractivity contribution is -0.384. The summed E-state index contributed by atoms with van der Waals surface area (Å²) >= 11 is 6.71. The van der Waals surface area contributed by atoms with Gasteiger partial charge in [0.2, 0.25) is 0 Å². The zero-order valence-electron chi connectivity index (χ0n) is 8.26.